The minimum absolute atomic E-state index is 0.730. The predicted molar refractivity (Wildman–Crippen MR) is 84.2 cm³/mol. The fraction of sp³-hybridized carbons (Fsp3) is 0.200. The summed E-state index contributed by atoms with van der Waals surface area (Å²) in [7, 11) is 1.65. The minimum Gasteiger partial charge on any atom is -0.496 e. The molecule has 3 rings (SSSR count). The van der Waals surface area contributed by atoms with Crippen LogP contribution in [0.3, 0.4) is 0 Å². The molecule has 0 bridgehead atoms. The molecule has 2 heterocycles. The van der Waals surface area contributed by atoms with Crippen LogP contribution in [0.1, 0.15) is 10.6 Å². The molecular weight excluding hydrogens is 290 g/mol. The van der Waals surface area contributed by atoms with Crippen LogP contribution < -0.4 is 4.74 Å². The average Bonchev–Trinajstić information content (AvgIpc) is 2.86. The van der Waals surface area contributed by atoms with E-state index in [1.54, 1.807) is 24.7 Å². The third-order valence-corrected chi connectivity index (χ3v) is 4.40. The van der Waals surface area contributed by atoms with Crippen LogP contribution in [0.5, 0.6) is 5.75 Å². The number of fused-ring (bicyclic) bond motifs is 1. The highest BCUT2D eigenvalue weighted by molar-refractivity contribution is 7.71. The van der Waals surface area contributed by atoms with Crippen LogP contribution in [0.15, 0.2) is 28.2 Å². The van der Waals surface area contributed by atoms with Crippen molar-refractivity contribution in [2.75, 3.05) is 7.11 Å². The number of aryl methyl sites for hydroxylation is 2. The Morgan fingerprint density at radius 1 is 1.30 bits per heavy atom. The third-order valence-electron chi connectivity index (χ3n) is 3.19. The molecule has 0 aliphatic rings. The maximum Gasteiger partial charge on any atom is 0.138 e. The highest BCUT2D eigenvalue weighted by Crippen LogP contribution is 2.31. The van der Waals surface area contributed by atoms with Crippen molar-refractivity contribution in [3.05, 3.63) is 38.9 Å². The van der Waals surface area contributed by atoms with E-state index >= 15 is 0 Å². The minimum atomic E-state index is 0.730. The Labute approximate surface area is 125 Å². The van der Waals surface area contributed by atoms with Gasteiger partial charge in [0.2, 0.25) is 0 Å². The van der Waals surface area contributed by atoms with Crippen LogP contribution in [-0.4, -0.2) is 12.1 Å². The summed E-state index contributed by atoms with van der Waals surface area (Å²) < 4.78 is 11.8. The molecule has 0 amide bonds. The van der Waals surface area contributed by atoms with Crippen molar-refractivity contribution in [1.29, 1.82) is 0 Å². The standard InChI is InChI=1S/C15H13NO2S2/c1-8-4-10-14(5-13(8)17-3)18-6-11(15(10)19)12-7-20-9(2)16-12/h4-7H,1-3H3. The van der Waals surface area contributed by atoms with E-state index in [1.165, 1.54) is 0 Å². The molecule has 0 unspecified atom stereocenters. The van der Waals surface area contributed by atoms with Crippen LogP contribution in [-0.2, 0) is 0 Å². The first kappa shape index (κ1) is 13.3. The van der Waals surface area contributed by atoms with E-state index in [9.17, 15) is 0 Å². The monoisotopic (exact) mass is 303 g/mol. The zero-order valence-corrected chi connectivity index (χ0v) is 13.0. The van der Waals surface area contributed by atoms with Gasteiger partial charge in [-0.3, -0.25) is 0 Å². The van der Waals surface area contributed by atoms with Crippen molar-refractivity contribution in [2.45, 2.75) is 13.8 Å². The first-order valence-corrected chi connectivity index (χ1v) is 7.41. The molecule has 0 aliphatic carbocycles. The van der Waals surface area contributed by atoms with Gasteiger partial charge in [-0.05, 0) is 25.5 Å². The maximum atomic E-state index is 5.70. The fourth-order valence-corrected chi connectivity index (χ4v) is 3.07. The SMILES string of the molecule is COc1cc2occ(-c3csc(C)n3)c(=S)c2cc1C. The van der Waals surface area contributed by atoms with E-state index in [2.05, 4.69) is 4.98 Å². The summed E-state index contributed by atoms with van der Waals surface area (Å²) in [6.45, 7) is 3.97. The van der Waals surface area contributed by atoms with Crippen molar-refractivity contribution >= 4 is 34.5 Å². The molecule has 0 aliphatic heterocycles. The molecule has 0 atom stereocenters. The molecule has 0 saturated carbocycles. The molecule has 1 aromatic carbocycles. The molecule has 2 aromatic heterocycles. The number of aromatic nitrogens is 1. The molecule has 0 spiro atoms. The van der Waals surface area contributed by atoms with Gasteiger partial charge >= 0.3 is 0 Å². The Kier molecular flexibility index (Phi) is 3.31. The van der Waals surface area contributed by atoms with Crippen molar-refractivity contribution in [3.63, 3.8) is 0 Å². The summed E-state index contributed by atoms with van der Waals surface area (Å²) in [6, 6.07) is 3.87. The van der Waals surface area contributed by atoms with Gasteiger partial charge in [-0.2, -0.15) is 0 Å². The van der Waals surface area contributed by atoms with Gasteiger partial charge in [-0.15, -0.1) is 11.3 Å². The molecule has 0 N–H and O–H groups in total. The smallest absolute Gasteiger partial charge is 0.138 e. The number of methoxy groups -OCH3 is 1. The van der Waals surface area contributed by atoms with Gasteiger partial charge in [-0.1, -0.05) is 12.2 Å². The van der Waals surface area contributed by atoms with Crippen LogP contribution in [0, 0.1) is 18.4 Å². The summed E-state index contributed by atoms with van der Waals surface area (Å²) in [5.74, 6) is 0.799. The molecule has 3 aromatic rings. The van der Waals surface area contributed by atoms with E-state index < -0.39 is 0 Å². The Morgan fingerprint density at radius 3 is 2.75 bits per heavy atom. The van der Waals surface area contributed by atoms with Gasteiger partial charge in [-0.25, -0.2) is 4.98 Å². The van der Waals surface area contributed by atoms with Crippen LogP contribution in [0.2, 0.25) is 0 Å². The van der Waals surface area contributed by atoms with Gasteiger partial charge in [0.15, 0.2) is 0 Å². The van der Waals surface area contributed by atoms with Crippen LogP contribution in [0.25, 0.3) is 22.2 Å². The number of rotatable bonds is 2. The van der Waals surface area contributed by atoms with E-state index in [-0.39, 0.29) is 0 Å². The number of ether oxygens (including phenoxy) is 1. The van der Waals surface area contributed by atoms with Crippen molar-refractivity contribution in [2.24, 2.45) is 0 Å². The van der Waals surface area contributed by atoms with Gasteiger partial charge in [0.1, 0.15) is 17.6 Å². The first-order chi connectivity index (χ1) is 9.60. The second-order valence-electron chi connectivity index (χ2n) is 4.55. The lowest BCUT2D eigenvalue weighted by Gasteiger charge is -2.07. The zero-order valence-electron chi connectivity index (χ0n) is 11.4. The molecule has 0 saturated heterocycles. The average molecular weight is 303 g/mol. The number of thiazole rings is 1. The van der Waals surface area contributed by atoms with Crippen LogP contribution >= 0.6 is 23.6 Å². The van der Waals surface area contributed by atoms with Crippen molar-refractivity contribution in [1.82, 2.24) is 4.98 Å². The number of nitrogens with zero attached hydrogens (tertiary/aromatic N) is 1. The van der Waals surface area contributed by atoms with Gasteiger partial charge in [0.25, 0.3) is 0 Å². The van der Waals surface area contributed by atoms with Crippen molar-refractivity contribution < 1.29 is 9.15 Å². The summed E-state index contributed by atoms with van der Waals surface area (Å²) in [5.41, 5.74) is 3.50. The lowest BCUT2D eigenvalue weighted by atomic mass is 10.1. The van der Waals surface area contributed by atoms with E-state index in [4.69, 9.17) is 21.4 Å². The lowest BCUT2D eigenvalue weighted by Crippen LogP contribution is -1.89. The Morgan fingerprint density at radius 2 is 2.10 bits per heavy atom. The Hall–Kier alpha value is -1.72. The molecule has 5 heteroatoms. The maximum absolute atomic E-state index is 5.70. The summed E-state index contributed by atoms with van der Waals surface area (Å²) in [6.07, 6.45) is 1.67. The summed E-state index contributed by atoms with van der Waals surface area (Å²) in [5, 5.41) is 3.93. The molecule has 3 nitrogen and oxygen atoms in total. The third kappa shape index (κ3) is 2.13. The highest BCUT2D eigenvalue weighted by atomic mass is 32.1. The predicted octanol–water partition coefficient (Wildman–Crippen LogP) is 4.91. The fourth-order valence-electron chi connectivity index (χ4n) is 2.15. The molecule has 102 valence electrons. The highest BCUT2D eigenvalue weighted by Gasteiger charge is 2.11. The lowest BCUT2D eigenvalue weighted by molar-refractivity contribution is 0.411. The Bertz CT molecular complexity index is 849. The van der Waals surface area contributed by atoms with Gasteiger partial charge in [0.05, 0.1) is 27.9 Å². The van der Waals surface area contributed by atoms with E-state index in [0.29, 0.717) is 0 Å². The summed E-state index contributed by atoms with van der Waals surface area (Å²) in [4.78, 5) is 4.47. The molecular formula is C15H13NO2S2. The topological polar surface area (TPSA) is 35.3 Å². The molecule has 0 radical (unpaired) electrons. The quantitative estimate of drug-likeness (QED) is 0.630. The van der Waals surface area contributed by atoms with Crippen LogP contribution in [0.4, 0.5) is 0 Å². The van der Waals surface area contributed by atoms with Gasteiger partial charge < -0.3 is 9.15 Å². The van der Waals surface area contributed by atoms with E-state index in [0.717, 1.165) is 43.1 Å². The summed E-state index contributed by atoms with van der Waals surface area (Å²) >= 11 is 7.19. The zero-order chi connectivity index (χ0) is 14.3. The van der Waals surface area contributed by atoms with E-state index in [1.807, 2.05) is 31.4 Å². The number of benzene rings is 1. The Balaban J connectivity index is 2.28. The second kappa shape index (κ2) is 5.00. The first-order valence-electron chi connectivity index (χ1n) is 6.13. The molecule has 0 fully saturated rings. The molecule has 20 heavy (non-hydrogen) atoms. The normalized spacial score (nSPS) is 10.9. The number of hydrogen-bond acceptors (Lipinski definition) is 5. The van der Waals surface area contributed by atoms with Gasteiger partial charge in [0, 0.05) is 16.8 Å². The largest absolute Gasteiger partial charge is 0.496 e. The second-order valence-corrected chi connectivity index (χ2v) is 6.02. The number of hydrogen-bond donors (Lipinski definition) is 0. The van der Waals surface area contributed by atoms with Crippen molar-refractivity contribution in [3.8, 4) is 17.0 Å².